The molecule has 0 amide bonds. The highest BCUT2D eigenvalue weighted by Gasteiger charge is 2.71. The van der Waals surface area contributed by atoms with Gasteiger partial charge in [0.05, 0.1) is 0 Å². The van der Waals surface area contributed by atoms with Crippen molar-refractivity contribution in [1.82, 2.24) is 9.80 Å². The van der Waals surface area contributed by atoms with Crippen LogP contribution in [0, 0.1) is 0 Å². The van der Waals surface area contributed by atoms with Crippen LogP contribution in [0.25, 0.3) is 0 Å². The van der Waals surface area contributed by atoms with Crippen molar-refractivity contribution in [2.75, 3.05) is 0 Å². The van der Waals surface area contributed by atoms with Crippen molar-refractivity contribution in [2.24, 2.45) is 0 Å². The minimum atomic E-state index is -7.73. The Morgan fingerprint density at radius 2 is 0.750 bits per heavy atom. The lowest BCUT2D eigenvalue weighted by Gasteiger charge is -2.36. The van der Waals surface area contributed by atoms with Crippen molar-refractivity contribution >= 4 is 0 Å². The van der Waals surface area contributed by atoms with Crippen LogP contribution < -0.4 is 0 Å². The van der Waals surface area contributed by atoms with Crippen LogP contribution >= 0.6 is 0 Å². The molecule has 20 heteroatoms. The monoisotopic (exact) mass is 466 g/mol. The maximum Gasteiger partial charge on any atom is 0.491 e. The molecule has 0 N–H and O–H groups in total. The summed E-state index contributed by atoms with van der Waals surface area (Å²) < 4.78 is 223. The second-order valence-electron chi connectivity index (χ2n) is 4.24. The molecule has 28 heavy (non-hydrogen) atoms. The number of hydrogen-bond donors (Lipinski definition) is 0. The molecule has 0 unspecified atom stereocenters. The van der Waals surface area contributed by atoms with Crippen molar-refractivity contribution < 1.29 is 79.0 Å². The molecule has 0 heterocycles. The number of rotatable bonds is 3. The van der Waals surface area contributed by atoms with E-state index in [0.717, 1.165) is 0 Å². The van der Waals surface area contributed by atoms with Crippen molar-refractivity contribution in [3.8, 4) is 0 Å². The van der Waals surface area contributed by atoms with Crippen LogP contribution in [0.5, 0.6) is 0 Å². The third kappa shape index (κ3) is 5.63. The number of halogens is 18. The van der Waals surface area contributed by atoms with Crippen LogP contribution in [0.4, 0.5) is 79.0 Å². The predicted octanol–water partition coefficient (Wildman–Crippen LogP) is 6.01. The van der Waals surface area contributed by atoms with Crippen LogP contribution in [0.15, 0.2) is 11.5 Å². The molecule has 0 aliphatic rings. The first kappa shape index (κ1) is 26.2. The van der Waals surface area contributed by atoms with Gasteiger partial charge >= 0.3 is 37.4 Å². The standard InChI is InChI=1S/C8F18N2/c9-1(4(13,14)28(7(21,22)23)8(24,25)26)2(3(10,11)12)27(5(15,16)17)6(18,19)20/b2-1+. The third-order valence-corrected chi connectivity index (χ3v) is 2.26. The van der Waals surface area contributed by atoms with Gasteiger partial charge in [-0.1, -0.05) is 4.90 Å². The van der Waals surface area contributed by atoms with E-state index < -0.39 is 58.7 Å². The van der Waals surface area contributed by atoms with E-state index in [9.17, 15) is 79.0 Å². The SMILES string of the molecule is F/C(=C(/N(C(F)(F)F)C(F)(F)F)C(F)(F)F)C(F)(F)N(C(F)(F)F)C(F)(F)F. The normalized spacial score (nSPS) is 16.4. The molecular formula is C8F18N2. The molecule has 0 radical (unpaired) electrons. The van der Waals surface area contributed by atoms with Crippen LogP contribution in [-0.4, -0.2) is 47.2 Å². The minimum absolute atomic E-state index is 4.05. The van der Waals surface area contributed by atoms with Gasteiger partial charge < -0.3 is 0 Å². The second-order valence-corrected chi connectivity index (χ2v) is 4.24. The molecule has 0 fully saturated rings. The van der Waals surface area contributed by atoms with Gasteiger partial charge in [0.1, 0.15) is 0 Å². The lowest BCUT2D eigenvalue weighted by molar-refractivity contribution is -0.435. The summed E-state index contributed by atoms with van der Waals surface area (Å²) in [6, 6.07) is -7.73. The van der Waals surface area contributed by atoms with Crippen molar-refractivity contribution in [1.29, 1.82) is 0 Å². The number of nitrogens with zero attached hydrogens (tertiary/aromatic N) is 2. The molecule has 2 nitrogen and oxygen atoms in total. The van der Waals surface area contributed by atoms with Crippen molar-refractivity contribution in [2.45, 2.75) is 37.4 Å². The van der Waals surface area contributed by atoms with Gasteiger partial charge in [0.15, 0.2) is 5.70 Å². The van der Waals surface area contributed by atoms with Crippen molar-refractivity contribution in [3.63, 3.8) is 0 Å². The van der Waals surface area contributed by atoms with E-state index >= 15 is 0 Å². The Morgan fingerprint density at radius 3 is 0.929 bits per heavy atom. The van der Waals surface area contributed by atoms with E-state index in [2.05, 4.69) is 0 Å². The van der Waals surface area contributed by atoms with Gasteiger partial charge in [-0.15, -0.1) is 26.3 Å². The van der Waals surface area contributed by atoms with Gasteiger partial charge in [0.25, 0.3) is 0 Å². The topological polar surface area (TPSA) is 6.48 Å². The zero-order valence-corrected chi connectivity index (χ0v) is 11.7. The van der Waals surface area contributed by atoms with E-state index in [1.165, 1.54) is 0 Å². The molecule has 0 aromatic rings. The van der Waals surface area contributed by atoms with Gasteiger partial charge in [-0.3, -0.25) is 0 Å². The molecule has 0 atom stereocenters. The molecule has 168 valence electrons. The minimum Gasteiger partial charge on any atom is -0.201 e. The molecule has 0 aliphatic heterocycles. The zero-order valence-electron chi connectivity index (χ0n) is 11.7. The highest BCUT2D eigenvalue weighted by molar-refractivity contribution is 5.20. The first-order chi connectivity index (χ1) is 11.8. The maximum absolute atomic E-state index is 13.3. The van der Waals surface area contributed by atoms with E-state index in [4.69, 9.17) is 0 Å². The summed E-state index contributed by atoms with van der Waals surface area (Å²) in [4.78, 5) is -8.30. The second kappa shape index (κ2) is 6.94. The lowest BCUT2D eigenvalue weighted by Crippen LogP contribution is -2.59. The van der Waals surface area contributed by atoms with Crippen LogP contribution in [0.3, 0.4) is 0 Å². The number of alkyl halides is 17. The Morgan fingerprint density at radius 1 is 0.464 bits per heavy atom. The van der Waals surface area contributed by atoms with Crippen LogP contribution in [0.2, 0.25) is 0 Å². The summed E-state index contributed by atoms with van der Waals surface area (Å²) in [7, 11) is 0. The zero-order chi connectivity index (χ0) is 23.3. The van der Waals surface area contributed by atoms with Gasteiger partial charge in [0, 0.05) is 0 Å². The highest BCUT2D eigenvalue weighted by Crippen LogP contribution is 2.51. The van der Waals surface area contributed by atoms with Gasteiger partial charge in [-0.05, 0) is 0 Å². The molecule has 0 saturated heterocycles. The summed E-state index contributed by atoms with van der Waals surface area (Å²) in [5.41, 5.74) is -5.20. The quantitative estimate of drug-likeness (QED) is 0.372. The van der Waals surface area contributed by atoms with Crippen molar-refractivity contribution in [3.05, 3.63) is 11.5 Å². The van der Waals surface area contributed by atoms with E-state index in [-0.39, 0.29) is 0 Å². The molecule has 0 spiro atoms. The molecule has 0 saturated carbocycles. The summed E-state index contributed by atoms with van der Waals surface area (Å²) in [5.74, 6) is -5.37. The maximum atomic E-state index is 13.3. The Balaban J connectivity index is 7.19. The smallest absolute Gasteiger partial charge is 0.201 e. The predicted molar refractivity (Wildman–Crippen MR) is 47.0 cm³/mol. The summed E-state index contributed by atoms with van der Waals surface area (Å²) in [6.07, 6.45) is -37.4. The molecule has 0 aliphatic carbocycles. The lowest BCUT2D eigenvalue weighted by atomic mass is 10.2. The Labute approximate surface area is 139 Å². The van der Waals surface area contributed by atoms with E-state index in [1.807, 2.05) is 0 Å². The van der Waals surface area contributed by atoms with Gasteiger partial charge in [-0.25, -0.2) is 4.39 Å². The van der Waals surface area contributed by atoms with E-state index in [0.29, 0.717) is 0 Å². The summed E-state index contributed by atoms with van der Waals surface area (Å²) >= 11 is 0. The van der Waals surface area contributed by atoms with Gasteiger partial charge in [-0.2, -0.15) is 53.2 Å². The van der Waals surface area contributed by atoms with Crippen LogP contribution in [0.1, 0.15) is 0 Å². The number of hydrogen-bond acceptors (Lipinski definition) is 2. The summed E-state index contributed by atoms with van der Waals surface area (Å²) in [5, 5.41) is 0. The highest BCUT2D eigenvalue weighted by atomic mass is 19.4. The first-order valence-corrected chi connectivity index (χ1v) is 5.49. The Hall–Kier alpha value is -1.76. The van der Waals surface area contributed by atoms with E-state index in [1.54, 1.807) is 0 Å². The molecule has 0 aromatic heterocycles. The average Bonchev–Trinajstić information content (AvgIpc) is 2.25. The fourth-order valence-electron chi connectivity index (χ4n) is 1.45. The Kier molecular flexibility index (Phi) is 6.50. The summed E-state index contributed by atoms with van der Waals surface area (Å²) in [6.45, 7) is 0. The molecule has 0 bridgehead atoms. The first-order valence-electron chi connectivity index (χ1n) is 5.49. The fourth-order valence-corrected chi connectivity index (χ4v) is 1.45. The van der Waals surface area contributed by atoms with Crippen LogP contribution in [-0.2, 0) is 0 Å². The largest absolute Gasteiger partial charge is 0.491 e. The third-order valence-electron chi connectivity index (χ3n) is 2.26. The molecular weight excluding hydrogens is 466 g/mol. The average molecular weight is 466 g/mol. The fraction of sp³-hybridized carbons (Fsp3) is 0.750. The Bertz CT molecular complexity index is 553. The molecule has 0 rings (SSSR count). The number of allylic oxidation sites excluding steroid dienone is 1. The molecule has 0 aromatic carbocycles. The van der Waals surface area contributed by atoms with Gasteiger partial charge in [0.2, 0.25) is 5.83 Å².